The fourth-order valence-electron chi connectivity index (χ4n) is 2.98. The van der Waals surface area contributed by atoms with Crippen LogP contribution in [0.25, 0.3) is 0 Å². The van der Waals surface area contributed by atoms with Crippen molar-refractivity contribution in [1.29, 1.82) is 0 Å². The van der Waals surface area contributed by atoms with Gasteiger partial charge in [0.15, 0.2) is 9.84 Å². The summed E-state index contributed by atoms with van der Waals surface area (Å²) in [5.41, 5.74) is 1.06. The first-order valence-corrected chi connectivity index (χ1v) is 9.90. The minimum absolute atomic E-state index is 0.210. The summed E-state index contributed by atoms with van der Waals surface area (Å²) < 4.78 is 23.5. The van der Waals surface area contributed by atoms with Crippen LogP contribution in [0.3, 0.4) is 0 Å². The van der Waals surface area contributed by atoms with Crippen molar-refractivity contribution in [2.24, 2.45) is 5.92 Å². The van der Waals surface area contributed by atoms with Crippen LogP contribution >= 0.6 is 0 Å². The van der Waals surface area contributed by atoms with Gasteiger partial charge in [0.2, 0.25) is 0 Å². The first kappa shape index (κ1) is 17.9. The van der Waals surface area contributed by atoms with Crippen LogP contribution in [0.15, 0.2) is 23.1 Å². The number of rotatable bonds is 5. The highest BCUT2D eigenvalue weighted by atomic mass is 32.2. The summed E-state index contributed by atoms with van der Waals surface area (Å²) >= 11 is 0. The van der Waals surface area contributed by atoms with Gasteiger partial charge in [-0.25, -0.2) is 8.42 Å². The van der Waals surface area contributed by atoms with Gasteiger partial charge in [-0.05, 0) is 57.4 Å². The molecule has 5 nitrogen and oxygen atoms in total. The quantitative estimate of drug-likeness (QED) is 0.890. The Bertz CT molecular complexity index is 683. The first-order chi connectivity index (χ1) is 10.7. The van der Waals surface area contributed by atoms with Crippen LogP contribution in [0, 0.1) is 12.8 Å². The summed E-state index contributed by atoms with van der Waals surface area (Å²) in [7, 11) is -3.32. The Balaban J connectivity index is 1.99. The second-order valence-electron chi connectivity index (χ2n) is 6.71. The molecule has 1 saturated heterocycles. The van der Waals surface area contributed by atoms with Gasteiger partial charge in [-0.1, -0.05) is 6.07 Å². The smallest absolute Gasteiger partial charge is 0.251 e. The average Bonchev–Trinajstić information content (AvgIpc) is 2.93. The predicted molar refractivity (Wildman–Crippen MR) is 91.4 cm³/mol. The van der Waals surface area contributed by atoms with Crippen LogP contribution in [0.2, 0.25) is 0 Å². The zero-order chi connectivity index (χ0) is 17.2. The van der Waals surface area contributed by atoms with E-state index in [1.165, 1.54) is 6.07 Å². The molecule has 0 saturated carbocycles. The van der Waals surface area contributed by atoms with Gasteiger partial charge in [-0.3, -0.25) is 4.79 Å². The molecule has 1 aliphatic rings. The zero-order valence-corrected chi connectivity index (χ0v) is 15.1. The minimum atomic E-state index is -3.32. The summed E-state index contributed by atoms with van der Waals surface area (Å²) in [4.78, 5) is 14.9. The van der Waals surface area contributed by atoms with Crippen molar-refractivity contribution in [2.75, 3.05) is 25.9 Å². The standard InChI is InChI=1S/C17H26N2O3S/c1-12(2)19-8-7-14(11-19)10-18-17(20)15-6-5-13(3)16(9-15)23(4,21)22/h5-6,9,12,14H,7-8,10-11H2,1-4H3,(H,18,20)/t14-/m0/s1. The van der Waals surface area contributed by atoms with E-state index in [4.69, 9.17) is 0 Å². The minimum Gasteiger partial charge on any atom is -0.352 e. The molecule has 0 unspecified atom stereocenters. The largest absolute Gasteiger partial charge is 0.352 e. The third-order valence-electron chi connectivity index (χ3n) is 4.45. The highest BCUT2D eigenvalue weighted by molar-refractivity contribution is 7.90. The molecule has 2 rings (SSSR count). The number of nitrogens with one attached hydrogen (secondary N) is 1. The van der Waals surface area contributed by atoms with E-state index in [1.807, 2.05) is 0 Å². The van der Waals surface area contributed by atoms with E-state index in [-0.39, 0.29) is 10.8 Å². The van der Waals surface area contributed by atoms with Gasteiger partial charge in [-0.2, -0.15) is 0 Å². The lowest BCUT2D eigenvalue weighted by molar-refractivity contribution is 0.0947. The molecule has 0 aliphatic carbocycles. The Morgan fingerprint density at radius 3 is 2.65 bits per heavy atom. The molecule has 0 bridgehead atoms. The van der Waals surface area contributed by atoms with Gasteiger partial charge in [0, 0.05) is 31.0 Å². The fourth-order valence-corrected chi connectivity index (χ4v) is 3.97. The monoisotopic (exact) mass is 338 g/mol. The van der Waals surface area contributed by atoms with E-state index in [0.717, 1.165) is 25.8 Å². The normalized spacial score (nSPS) is 19.3. The summed E-state index contributed by atoms with van der Waals surface area (Å²) in [6, 6.07) is 5.36. The number of hydrogen-bond donors (Lipinski definition) is 1. The Morgan fingerprint density at radius 1 is 1.39 bits per heavy atom. The summed E-state index contributed by atoms with van der Waals surface area (Å²) in [5.74, 6) is 0.249. The number of sulfone groups is 1. The first-order valence-electron chi connectivity index (χ1n) is 8.01. The zero-order valence-electron chi connectivity index (χ0n) is 14.3. The van der Waals surface area contributed by atoms with Crippen LogP contribution in [-0.2, 0) is 9.84 Å². The molecule has 128 valence electrons. The molecule has 6 heteroatoms. The van der Waals surface area contributed by atoms with Crippen molar-refractivity contribution in [2.45, 2.75) is 38.1 Å². The molecular formula is C17H26N2O3S. The lowest BCUT2D eigenvalue weighted by Crippen LogP contribution is -2.33. The molecule has 0 aromatic heterocycles. The molecule has 1 amide bonds. The number of nitrogens with zero attached hydrogens (tertiary/aromatic N) is 1. The van der Waals surface area contributed by atoms with E-state index >= 15 is 0 Å². The highest BCUT2D eigenvalue weighted by Gasteiger charge is 2.24. The van der Waals surface area contributed by atoms with Gasteiger partial charge >= 0.3 is 0 Å². The second kappa shape index (κ2) is 7.01. The maximum atomic E-state index is 12.3. The van der Waals surface area contributed by atoms with Gasteiger partial charge in [0.1, 0.15) is 0 Å². The number of amides is 1. The van der Waals surface area contributed by atoms with Crippen molar-refractivity contribution >= 4 is 15.7 Å². The summed E-state index contributed by atoms with van der Waals surface area (Å²) in [6.07, 6.45) is 2.25. The summed E-state index contributed by atoms with van der Waals surface area (Å²) in [5, 5.41) is 2.94. The lowest BCUT2D eigenvalue weighted by Gasteiger charge is -2.20. The number of benzene rings is 1. The van der Waals surface area contributed by atoms with Crippen molar-refractivity contribution < 1.29 is 13.2 Å². The van der Waals surface area contributed by atoms with Crippen LogP contribution in [0.5, 0.6) is 0 Å². The number of aryl methyl sites for hydroxylation is 1. The highest BCUT2D eigenvalue weighted by Crippen LogP contribution is 2.19. The van der Waals surface area contributed by atoms with Crippen LogP contribution < -0.4 is 5.32 Å². The molecule has 1 aliphatic heterocycles. The molecular weight excluding hydrogens is 312 g/mol. The Kier molecular flexibility index (Phi) is 5.47. The maximum absolute atomic E-state index is 12.3. The van der Waals surface area contributed by atoms with Crippen molar-refractivity contribution in [3.63, 3.8) is 0 Å². The van der Waals surface area contributed by atoms with Crippen LogP contribution in [-0.4, -0.2) is 51.2 Å². The van der Waals surface area contributed by atoms with Gasteiger partial charge < -0.3 is 10.2 Å². The summed E-state index contributed by atoms with van der Waals surface area (Å²) in [6.45, 7) is 8.79. The average molecular weight is 338 g/mol. The Hall–Kier alpha value is -1.40. The van der Waals surface area contributed by atoms with Crippen LogP contribution in [0.4, 0.5) is 0 Å². The molecule has 1 fully saturated rings. The van der Waals surface area contributed by atoms with E-state index in [1.54, 1.807) is 19.1 Å². The molecule has 1 aromatic rings. The Morgan fingerprint density at radius 2 is 2.09 bits per heavy atom. The number of hydrogen-bond acceptors (Lipinski definition) is 4. The SMILES string of the molecule is Cc1ccc(C(=O)NC[C@@H]2CCN(C(C)C)C2)cc1S(C)(=O)=O. The molecule has 1 atom stereocenters. The van der Waals surface area contributed by atoms with Gasteiger partial charge in [0.25, 0.3) is 5.91 Å². The Labute approximate surface area is 139 Å². The van der Waals surface area contributed by atoms with Crippen molar-refractivity contribution in [3.05, 3.63) is 29.3 Å². The maximum Gasteiger partial charge on any atom is 0.251 e. The van der Waals surface area contributed by atoms with Gasteiger partial charge in [-0.15, -0.1) is 0 Å². The molecule has 0 spiro atoms. The number of likely N-dealkylation sites (tertiary alicyclic amines) is 1. The molecule has 23 heavy (non-hydrogen) atoms. The molecule has 1 heterocycles. The fraction of sp³-hybridized carbons (Fsp3) is 0.588. The number of carbonyl (C=O) groups is 1. The third-order valence-corrected chi connectivity index (χ3v) is 5.69. The van der Waals surface area contributed by atoms with Gasteiger partial charge in [0.05, 0.1) is 4.90 Å². The van der Waals surface area contributed by atoms with E-state index in [9.17, 15) is 13.2 Å². The second-order valence-corrected chi connectivity index (χ2v) is 8.69. The predicted octanol–water partition coefficient (Wildman–Crippen LogP) is 1.86. The van der Waals surface area contributed by atoms with E-state index < -0.39 is 9.84 Å². The lowest BCUT2D eigenvalue weighted by atomic mass is 10.1. The van der Waals surface area contributed by atoms with Crippen molar-refractivity contribution in [1.82, 2.24) is 10.2 Å². The third kappa shape index (κ3) is 4.54. The molecule has 1 aromatic carbocycles. The van der Waals surface area contributed by atoms with E-state index in [0.29, 0.717) is 29.6 Å². The van der Waals surface area contributed by atoms with Crippen LogP contribution in [0.1, 0.15) is 36.2 Å². The molecule has 1 N–H and O–H groups in total. The number of carbonyl (C=O) groups excluding carboxylic acids is 1. The van der Waals surface area contributed by atoms with E-state index in [2.05, 4.69) is 24.1 Å². The molecule has 0 radical (unpaired) electrons. The topological polar surface area (TPSA) is 66.5 Å². The van der Waals surface area contributed by atoms with Crippen molar-refractivity contribution in [3.8, 4) is 0 Å².